The molecule has 1 rings (SSSR count). The van der Waals surface area contributed by atoms with Crippen molar-refractivity contribution in [3.63, 3.8) is 0 Å². The summed E-state index contributed by atoms with van der Waals surface area (Å²) in [6, 6.07) is 4.34. The lowest BCUT2D eigenvalue weighted by Gasteiger charge is -2.08. The summed E-state index contributed by atoms with van der Waals surface area (Å²) in [6.45, 7) is -0.108. The summed E-state index contributed by atoms with van der Waals surface area (Å²) in [7, 11) is 1.34. The van der Waals surface area contributed by atoms with Gasteiger partial charge in [0.15, 0.2) is 11.6 Å². The molecule has 0 fully saturated rings. The third-order valence-electron chi connectivity index (χ3n) is 1.59. The number of hydrogen-bond acceptors (Lipinski definition) is 3. The van der Waals surface area contributed by atoms with Crippen LogP contribution in [0.25, 0.3) is 0 Å². The molecule has 0 aliphatic rings. The lowest BCUT2D eigenvalue weighted by molar-refractivity contribution is 0.165. The van der Waals surface area contributed by atoms with Gasteiger partial charge in [-0.05, 0) is 6.07 Å². The van der Waals surface area contributed by atoms with E-state index < -0.39 is 11.2 Å². The zero-order chi connectivity index (χ0) is 10.6. The highest BCUT2D eigenvalue weighted by Crippen LogP contribution is 2.22. The molecule has 0 spiro atoms. The van der Waals surface area contributed by atoms with Gasteiger partial charge in [0.05, 0.1) is 7.11 Å². The van der Waals surface area contributed by atoms with Gasteiger partial charge in [-0.3, -0.25) is 0 Å². The Bertz CT molecular complexity index is 341. The first-order valence-electron chi connectivity index (χ1n) is 3.78. The minimum Gasteiger partial charge on any atom is -0.493 e. The maximum Gasteiger partial charge on any atom is 0.404 e. The predicted octanol–water partition coefficient (Wildman–Crippen LogP) is 2.71. The number of carbonyl (C=O) groups is 1. The molecule has 76 valence electrons. The lowest BCUT2D eigenvalue weighted by atomic mass is 10.2. The SMILES string of the molecule is COc1c(F)cccc1COC(=O)Cl. The van der Waals surface area contributed by atoms with Crippen molar-refractivity contribution >= 4 is 17.0 Å². The van der Waals surface area contributed by atoms with Crippen molar-refractivity contribution in [2.75, 3.05) is 7.11 Å². The van der Waals surface area contributed by atoms with E-state index in [-0.39, 0.29) is 12.4 Å². The number of benzene rings is 1. The Labute approximate surface area is 85.4 Å². The second kappa shape index (κ2) is 4.81. The number of halogens is 2. The number of carbonyl (C=O) groups excluding carboxylic acids is 1. The second-order valence-electron chi connectivity index (χ2n) is 2.46. The van der Waals surface area contributed by atoms with E-state index in [4.69, 9.17) is 16.3 Å². The largest absolute Gasteiger partial charge is 0.493 e. The minimum absolute atomic E-state index is 0.0606. The standard InChI is InChI=1S/C9H8ClFO3/c1-13-8-6(5-14-9(10)12)3-2-4-7(8)11/h2-4H,5H2,1H3. The van der Waals surface area contributed by atoms with Crippen molar-refractivity contribution in [3.05, 3.63) is 29.6 Å². The topological polar surface area (TPSA) is 35.5 Å². The zero-order valence-electron chi connectivity index (χ0n) is 7.42. The number of hydrogen-bond donors (Lipinski definition) is 0. The van der Waals surface area contributed by atoms with E-state index in [0.717, 1.165) is 0 Å². The van der Waals surface area contributed by atoms with Gasteiger partial charge in [-0.2, -0.15) is 0 Å². The number of ether oxygens (including phenoxy) is 2. The number of methoxy groups -OCH3 is 1. The van der Waals surface area contributed by atoms with Crippen LogP contribution in [0, 0.1) is 5.82 Å². The molecule has 1 aromatic rings. The monoisotopic (exact) mass is 218 g/mol. The first kappa shape index (κ1) is 10.8. The molecule has 14 heavy (non-hydrogen) atoms. The molecule has 0 aliphatic carbocycles. The van der Waals surface area contributed by atoms with E-state index in [1.54, 1.807) is 6.07 Å². The summed E-state index contributed by atoms with van der Waals surface area (Å²) in [6.07, 6.45) is 0. The third-order valence-corrected chi connectivity index (χ3v) is 1.70. The van der Waals surface area contributed by atoms with Crippen molar-refractivity contribution in [3.8, 4) is 5.75 Å². The summed E-state index contributed by atoms with van der Waals surface area (Å²) in [5.74, 6) is -0.443. The molecule has 0 unspecified atom stereocenters. The Morgan fingerprint density at radius 3 is 2.86 bits per heavy atom. The minimum atomic E-state index is -0.934. The van der Waals surface area contributed by atoms with Crippen molar-refractivity contribution in [1.29, 1.82) is 0 Å². The van der Waals surface area contributed by atoms with Crippen LogP contribution in [0.1, 0.15) is 5.56 Å². The Morgan fingerprint density at radius 1 is 1.57 bits per heavy atom. The van der Waals surface area contributed by atoms with Gasteiger partial charge >= 0.3 is 5.43 Å². The number of para-hydroxylation sites is 1. The van der Waals surface area contributed by atoms with Crippen LogP contribution in [0.15, 0.2) is 18.2 Å². The molecule has 0 aromatic heterocycles. The predicted molar refractivity (Wildman–Crippen MR) is 49.0 cm³/mol. The summed E-state index contributed by atoms with van der Waals surface area (Å²) in [4.78, 5) is 10.3. The smallest absolute Gasteiger partial charge is 0.404 e. The maximum atomic E-state index is 13.1. The van der Waals surface area contributed by atoms with Gasteiger partial charge < -0.3 is 9.47 Å². The van der Waals surface area contributed by atoms with Gasteiger partial charge in [-0.15, -0.1) is 0 Å². The highest BCUT2D eigenvalue weighted by Gasteiger charge is 2.09. The molecule has 0 saturated heterocycles. The van der Waals surface area contributed by atoms with Gasteiger partial charge in [0.25, 0.3) is 0 Å². The van der Waals surface area contributed by atoms with Gasteiger partial charge in [0.2, 0.25) is 0 Å². The quantitative estimate of drug-likeness (QED) is 0.732. The average Bonchev–Trinajstić information content (AvgIpc) is 2.14. The van der Waals surface area contributed by atoms with E-state index >= 15 is 0 Å². The summed E-state index contributed by atoms with van der Waals surface area (Å²) in [5.41, 5.74) is -0.502. The molecular weight excluding hydrogens is 211 g/mol. The maximum absolute atomic E-state index is 13.1. The second-order valence-corrected chi connectivity index (χ2v) is 2.77. The molecule has 0 atom stereocenters. The van der Waals surface area contributed by atoms with Gasteiger partial charge in [-0.25, -0.2) is 9.18 Å². The normalized spacial score (nSPS) is 9.64. The highest BCUT2D eigenvalue weighted by atomic mass is 35.5. The van der Waals surface area contributed by atoms with Crippen LogP contribution in [-0.4, -0.2) is 12.5 Å². The fraction of sp³-hybridized carbons (Fsp3) is 0.222. The Kier molecular flexibility index (Phi) is 3.71. The van der Waals surface area contributed by atoms with Crippen molar-refractivity contribution in [1.82, 2.24) is 0 Å². The molecule has 0 saturated carbocycles. The van der Waals surface area contributed by atoms with E-state index in [9.17, 15) is 9.18 Å². The van der Waals surface area contributed by atoms with Crippen LogP contribution < -0.4 is 4.74 Å². The average molecular weight is 219 g/mol. The molecule has 0 N–H and O–H groups in total. The Hall–Kier alpha value is -1.29. The summed E-state index contributed by atoms with van der Waals surface area (Å²) >= 11 is 4.97. The van der Waals surface area contributed by atoms with Crippen LogP contribution in [-0.2, 0) is 11.3 Å². The molecule has 0 aliphatic heterocycles. The van der Waals surface area contributed by atoms with Crippen LogP contribution in [0.3, 0.4) is 0 Å². The first-order chi connectivity index (χ1) is 6.65. The fourth-order valence-corrected chi connectivity index (χ4v) is 1.08. The summed E-state index contributed by atoms with van der Waals surface area (Å²) in [5, 5.41) is 0. The molecule has 1 aromatic carbocycles. The molecule has 0 bridgehead atoms. The molecule has 0 heterocycles. The Morgan fingerprint density at radius 2 is 2.29 bits per heavy atom. The van der Waals surface area contributed by atoms with E-state index in [2.05, 4.69) is 4.74 Å². The fourth-order valence-electron chi connectivity index (χ4n) is 1.03. The molecule has 3 nitrogen and oxygen atoms in total. The summed E-state index contributed by atoms with van der Waals surface area (Å²) < 4.78 is 22.4. The zero-order valence-corrected chi connectivity index (χ0v) is 8.18. The molecular formula is C9H8ClFO3. The lowest BCUT2D eigenvalue weighted by Crippen LogP contribution is -1.99. The number of rotatable bonds is 3. The van der Waals surface area contributed by atoms with Crippen molar-refractivity contribution < 1.29 is 18.7 Å². The van der Waals surface area contributed by atoms with Gasteiger partial charge in [0, 0.05) is 17.2 Å². The van der Waals surface area contributed by atoms with Crippen LogP contribution in [0.5, 0.6) is 5.75 Å². The molecule has 0 radical (unpaired) electrons. The van der Waals surface area contributed by atoms with Crippen molar-refractivity contribution in [2.24, 2.45) is 0 Å². The third kappa shape index (κ3) is 2.60. The van der Waals surface area contributed by atoms with Crippen LogP contribution in [0.4, 0.5) is 9.18 Å². The highest BCUT2D eigenvalue weighted by molar-refractivity contribution is 6.61. The van der Waals surface area contributed by atoms with E-state index in [0.29, 0.717) is 5.56 Å². The van der Waals surface area contributed by atoms with E-state index in [1.807, 2.05) is 0 Å². The van der Waals surface area contributed by atoms with Crippen molar-refractivity contribution in [2.45, 2.75) is 6.61 Å². The molecule has 5 heteroatoms. The first-order valence-corrected chi connectivity index (χ1v) is 4.16. The molecule has 0 amide bonds. The Balaban J connectivity index is 2.85. The van der Waals surface area contributed by atoms with Crippen LogP contribution >= 0.6 is 11.6 Å². The van der Waals surface area contributed by atoms with Gasteiger partial charge in [0.1, 0.15) is 6.61 Å². The van der Waals surface area contributed by atoms with Gasteiger partial charge in [-0.1, -0.05) is 12.1 Å². The van der Waals surface area contributed by atoms with Crippen LogP contribution in [0.2, 0.25) is 0 Å². The van der Waals surface area contributed by atoms with E-state index in [1.165, 1.54) is 19.2 Å².